The summed E-state index contributed by atoms with van der Waals surface area (Å²) in [6.07, 6.45) is 0. The van der Waals surface area contributed by atoms with Crippen LogP contribution in [0.5, 0.6) is 5.75 Å². The molecule has 0 aliphatic rings. The lowest BCUT2D eigenvalue weighted by Gasteiger charge is -2.20. The van der Waals surface area contributed by atoms with E-state index in [1.807, 2.05) is 25.1 Å². The van der Waals surface area contributed by atoms with Crippen LogP contribution in [0.15, 0.2) is 36.4 Å². The first-order chi connectivity index (χ1) is 9.56. The molecule has 2 rings (SSSR count). The van der Waals surface area contributed by atoms with Crippen molar-refractivity contribution >= 4 is 0 Å². The molecular formula is C15H16F2N2O. The zero-order valence-electron chi connectivity index (χ0n) is 11.3. The van der Waals surface area contributed by atoms with E-state index in [1.54, 1.807) is 0 Å². The van der Waals surface area contributed by atoms with E-state index in [2.05, 4.69) is 5.43 Å². The average Bonchev–Trinajstić information content (AvgIpc) is 2.43. The van der Waals surface area contributed by atoms with Gasteiger partial charge in [-0.25, -0.2) is 14.2 Å². The maximum atomic E-state index is 13.9. The summed E-state index contributed by atoms with van der Waals surface area (Å²) in [4.78, 5) is 0. The summed E-state index contributed by atoms with van der Waals surface area (Å²) in [5, 5.41) is 0. The highest BCUT2D eigenvalue weighted by Gasteiger charge is 2.20. The molecule has 2 aromatic carbocycles. The van der Waals surface area contributed by atoms with Gasteiger partial charge >= 0.3 is 0 Å². The molecule has 1 atom stereocenters. The van der Waals surface area contributed by atoms with Crippen LogP contribution in [0.1, 0.15) is 22.7 Å². The average molecular weight is 278 g/mol. The fourth-order valence-corrected chi connectivity index (χ4v) is 2.14. The molecule has 1 unspecified atom stereocenters. The van der Waals surface area contributed by atoms with Gasteiger partial charge in [0.05, 0.1) is 13.2 Å². The van der Waals surface area contributed by atoms with E-state index in [4.69, 9.17) is 10.6 Å². The van der Waals surface area contributed by atoms with Gasteiger partial charge in [0.25, 0.3) is 0 Å². The summed E-state index contributed by atoms with van der Waals surface area (Å²) < 4.78 is 32.2. The lowest BCUT2D eigenvalue weighted by atomic mass is 9.97. The fourth-order valence-electron chi connectivity index (χ4n) is 2.14. The summed E-state index contributed by atoms with van der Waals surface area (Å²) in [6.45, 7) is 1.93. The van der Waals surface area contributed by atoms with Crippen molar-refractivity contribution in [3.63, 3.8) is 0 Å². The molecule has 0 aromatic heterocycles. The van der Waals surface area contributed by atoms with Gasteiger partial charge in [-0.05, 0) is 24.6 Å². The molecule has 5 heteroatoms. The monoisotopic (exact) mass is 278 g/mol. The molecule has 0 aliphatic carbocycles. The van der Waals surface area contributed by atoms with Crippen LogP contribution in [0, 0.1) is 18.6 Å². The first-order valence-electron chi connectivity index (χ1n) is 6.12. The minimum atomic E-state index is -0.657. The van der Waals surface area contributed by atoms with Crippen molar-refractivity contribution < 1.29 is 13.5 Å². The van der Waals surface area contributed by atoms with E-state index in [0.717, 1.165) is 11.6 Å². The Bertz CT molecular complexity index is 617. The zero-order chi connectivity index (χ0) is 14.7. The van der Waals surface area contributed by atoms with Crippen LogP contribution in [0.4, 0.5) is 8.78 Å². The normalized spacial score (nSPS) is 12.2. The Hall–Kier alpha value is -1.98. The summed E-state index contributed by atoms with van der Waals surface area (Å²) in [6, 6.07) is 8.30. The number of benzene rings is 2. The Morgan fingerprint density at radius 2 is 1.80 bits per heavy atom. The van der Waals surface area contributed by atoms with Crippen LogP contribution in [-0.4, -0.2) is 7.11 Å². The molecule has 0 aliphatic heterocycles. The standard InChI is InChI=1S/C15H16F2N2O/c1-9-3-5-12(14(7-9)20-2)15(19-18)11-6-4-10(16)8-13(11)17/h3-8,15,19H,18H2,1-2H3. The quantitative estimate of drug-likeness (QED) is 0.668. The number of methoxy groups -OCH3 is 1. The first kappa shape index (κ1) is 14.4. The van der Waals surface area contributed by atoms with Crippen LogP contribution < -0.4 is 16.0 Å². The second-order valence-electron chi connectivity index (χ2n) is 4.51. The van der Waals surface area contributed by atoms with Gasteiger partial charge in [0.2, 0.25) is 0 Å². The van der Waals surface area contributed by atoms with Crippen LogP contribution in [0.2, 0.25) is 0 Å². The van der Waals surface area contributed by atoms with E-state index in [9.17, 15) is 8.78 Å². The summed E-state index contributed by atoms with van der Waals surface area (Å²) >= 11 is 0. The minimum Gasteiger partial charge on any atom is -0.496 e. The van der Waals surface area contributed by atoms with Crippen molar-refractivity contribution in [1.82, 2.24) is 5.43 Å². The highest BCUT2D eigenvalue weighted by molar-refractivity contribution is 5.44. The Labute approximate surface area is 116 Å². The van der Waals surface area contributed by atoms with E-state index in [0.29, 0.717) is 11.3 Å². The minimum absolute atomic E-state index is 0.260. The number of nitrogens with one attached hydrogen (secondary N) is 1. The lowest BCUT2D eigenvalue weighted by Crippen LogP contribution is -2.30. The lowest BCUT2D eigenvalue weighted by molar-refractivity contribution is 0.403. The molecule has 0 spiro atoms. The topological polar surface area (TPSA) is 47.3 Å². The van der Waals surface area contributed by atoms with Crippen LogP contribution >= 0.6 is 0 Å². The SMILES string of the molecule is COc1cc(C)ccc1C(NN)c1ccc(F)cc1F. The van der Waals surface area contributed by atoms with Crippen molar-refractivity contribution in [2.75, 3.05) is 7.11 Å². The van der Waals surface area contributed by atoms with E-state index < -0.39 is 17.7 Å². The predicted molar refractivity (Wildman–Crippen MR) is 73.3 cm³/mol. The maximum Gasteiger partial charge on any atom is 0.131 e. The van der Waals surface area contributed by atoms with Crippen LogP contribution in [0.25, 0.3) is 0 Å². The summed E-state index contributed by atoms with van der Waals surface area (Å²) in [5.41, 5.74) is 4.51. The molecule has 20 heavy (non-hydrogen) atoms. The molecule has 0 fully saturated rings. The molecule has 0 heterocycles. The van der Waals surface area contributed by atoms with Gasteiger partial charge in [0, 0.05) is 17.2 Å². The molecule has 0 saturated heterocycles. The third kappa shape index (κ3) is 2.79. The van der Waals surface area contributed by atoms with Gasteiger partial charge in [0.15, 0.2) is 0 Å². The molecule has 0 saturated carbocycles. The van der Waals surface area contributed by atoms with Gasteiger partial charge in [-0.15, -0.1) is 0 Å². The highest BCUT2D eigenvalue weighted by atomic mass is 19.1. The van der Waals surface area contributed by atoms with Gasteiger partial charge < -0.3 is 4.74 Å². The molecular weight excluding hydrogens is 262 g/mol. The van der Waals surface area contributed by atoms with E-state index in [1.165, 1.54) is 19.2 Å². The molecule has 0 radical (unpaired) electrons. The number of ether oxygens (including phenoxy) is 1. The smallest absolute Gasteiger partial charge is 0.131 e. The van der Waals surface area contributed by atoms with Gasteiger partial charge in [-0.3, -0.25) is 5.84 Å². The highest BCUT2D eigenvalue weighted by Crippen LogP contribution is 2.31. The van der Waals surface area contributed by atoms with Crippen molar-refractivity contribution in [1.29, 1.82) is 0 Å². The fraction of sp³-hybridized carbons (Fsp3) is 0.200. The number of hydrogen-bond donors (Lipinski definition) is 2. The Morgan fingerprint density at radius 1 is 1.10 bits per heavy atom. The summed E-state index contributed by atoms with van der Waals surface area (Å²) in [7, 11) is 1.53. The Morgan fingerprint density at radius 3 is 2.40 bits per heavy atom. The van der Waals surface area contributed by atoms with Crippen molar-refractivity contribution in [3.8, 4) is 5.75 Å². The largest absolute Gasteiger partial charge is 0.496 e. The molecule has 3 N–H and O–H groups in total. The van der Waals surface area contributed by atoms with Crippen molar-refractivity contribution in [3.05, 3.63) is 64.7 Å². The molecule has 106 valence electrons. The Kier molecular flexibility index (Phi) is 4.32. The maximum absolute atomic E-state index is 13.9. The number of nitrogens with two attached hydrogens (primary N) is 1. The molecule has 2 aromatic rings. The van der Waals surface area contributed by atoms with Crippen molar-refractivity contribution in [2.45, 2.75) is 13.0 Å². The molecule has 0 bridgehead atoms. The van der Waals surface area contributed by atoms with Gasteiger partial charge in [-0.1, -0.05) is 18.2 Å². The third-order valence-electron chi connectivity index (χ3n) is 3.14. The van der Waals surface area contributed by atoms with Gasteiger partial charge in [-0.2, -0.15) is 0 Å². The first-order valence-corrected chi connectivity index (χ1v) is 6.12. The Balaban J connectivity index is 2.52. The molecule has 3 nitrogen and oxygen atoms in total. The van der Waals surface area contributed by atoms with Crippen LogP contribution in [-0.2, 0) is 0 Å². The number of rotatable bonds is 4. The van der Waals surface area contributed by atoms with Crippen molar-refractivity contribution in [2.24, 2.45) is 5.84 Å². The van der Waals surface area contributed by atoms with E-state index in [-0.39, 0.29) is 5.56 Å². The van der Waals surface area contributed by atoms with Gasteiger partial charge in [0.1, 0.15) is 17.4 Å². The number of aryl methyl sites for hydroxylation is 1. The molecule has 0 amide bonds. The second-order valence-corrected chi connectivity index (χ2v) is 4.51. The number of hydrazine groups is 1. The van der Waals surface area contributed by atoms with Crippen LogP contribution in [0.3, 0.4) is 0 Å². The number of halogens is 2. The second kappa shape index (κ2) is 5.98. The summed E-state index contributed by atoms with van der Waals surface area (Å²) in [5.74, 6) is 4.85. The zero-order valence-corrected chi connectivity index (χ0v) is 11.3. The predicted octanol–water partition coefficient (Wildman–Crippen LogP) is 2.83. The van der Waals surface area contributed by atoms with E-state index >= 15 is 0 Å². The third-order valence-corrected chi connectivity index (χ3v) is 3.14. The number of hydrogen-bond acceptors (Lipinski definition) is 3.